The molecule has 2 rings (SSSR count). The summed E-state index contributed by atoms with van der Waals surface area (Å²) in [7, 11) is 0. The van der Waals surface area contributed by atoms with Gasteiger partial charge in [0.05, 0.1) is 0 Å². The minimum Gasteiger partial charge on any atom is -0.351 e. The monoisotopic (exact) mass is 262 g/mol. The van der Waals surface area contributed by atoms with Gasteiger partial charge in [0.2, 0.25) is 5.95 Å². The zero-order valence-electron chi connectivity index (χ0n) is 11.6. The maximum atomic E-state index is 11.9. The van der Waals surface area contributed by atoms with Crippen molar-refractivity contribution >= 4 is 11.9 Å². The Morgan fingerprint density at radius 1 is 1.37 bits per heavy atom. The molecule has 1 aliphatic heterocycles. The van der Waals surface area contributed by atoms with Crippen LogP contribution in [0.3, 0.4) is 0 Å². The van der Waals surface area contributed by atoms with Gasteiger partial charge in [0.25, 0.3) is 5.91 Å². The Hall–Kier alpha value is -1.65. The van der Waals surface area contributed by atoms with Gasteiger partial charge in [-0.3, -0.25) is 4.79 Å². The van der Waals surface area contributed by atoms with Crippen molar-refractivity contribution in [3.8, 4) is 0 Å². The summed E-state index contributed by atoms with van der Waals surface area (Å²) in [5.74, 6) is 0.581. The Bertz CT molecular complexity index is 416. The standard InChI is InChI=1S/C14H22N4O/c1-2-3-8-15-13(19)12-7-9-16-14(17-12)18-10-5-4-6-11-18/h7,9H,2-6,8,10-11H2,1H3,(H,15,19). The maximum Gasteiger partial charge on any atom is 0.270 e. The summed E-state index contributed by atoms with van der Waals surface area (Å²) in [5, 5.41) is 2.88. The molecule has 0 unspecified atom stereocenters. The van der Waals surface area contributed by atoms with Crippen LogP contribution in [0.15, 0.2) is 12.3 Å². The highest BCUT2D eigenvalue weighted by Crippen LogP contribution is 2.15. The highest BCUT2D eigenvalue weighted by molar-refractivity contribution is 5.92. The van der Waals surface area contributed by atoms with Crippen LogP contribution >= 0.6 is 0 Å². The third-order valence-corrected chi connectivity index (χ3v) is 3.33. The molecule has 0 radical (unpaired) electrons. The normalized spacial score (nSPS) is 15.3. The maximum absolute atomic E-state index is 11.9. The van der Waals surface area contributed by atoms with E-state index in [1.165, 1.54) is 19.3 Å². The molecule has 0 spiro atoms. The highest BCUT2D eigenvalue weighted by atomic mass is 16.1. The molecule has 0 saturated carbocycles. The lowest BCUT2D eigenvalue weighted by atomic mass is 10.1. The minimum absolute atomic E-state index is 0.103. The molecular weight excluding hydrogens is 240 g/mol. The fourth-order valence-electron chi connectivity index (χ4n) is 2.19. The fraction of sp³-hybridized carbons (Fsp3) is 0.643. The molecule has 1 amide bonds. The van der Waals surface area contributed by atoms with E-state index in [2.05, 4.69) is 27.1 Å². The molecule has 1 fully saturated rings. The number of carbonyl (C=O) groups excluding carboxylic acids is 1. The van der Waals surface area contributed by atoms with Crippen molar-refractivity contribution in [2.45, 2.75) is 39.0 Å². The summed E-state index contributed by atoms with van der Waals surface area (Å²) in [6, 6.07) is 1.68. The average molecular weight is 262 g/mol. The summed E-state index contributed by atoms with van der Waals surface area (Å²) in [4.78, 5) is 22.7. The Labute approximate surface area is 114 Å². The van der Waals surface area contributed by atoms with Gasteiger partial charge >= 0.3 is 0 Å². The van der Waals surface area contributed by atoms with Crippen molar-refractivity contribution < 1.29 is 4.79 Å². The summed E-state index contributed by atoms with van der Waals surface area (Å²) in [6.07, 6.45) is 7.37. The lowest BCUT2D eigenvalue weighted by molar-refractivity contribution is 0.0948. The first-order valence-electron chi connectivity index (χ1n) is 7.17. The molecule has 104 valence electrons. The molecule has 2 heterocycles. The van der Waals surface area contributed by atoms with E-state index in [-0.39, 0.29) is 5.91 Å². The second kappa shape index (κ2) is 7.07. The summed E-state index contributed by atoms with van der Waals surface area (Å²) in [5.41, 5.74) is 0.465. The van der Waals surface area contributed by atoms with Crippen LogP contribution < -0.4 is 10.2 Å². The van der Waals surface area contributed by atoms with Crippen molar-refractivity contribution in [3.63, 3.8) is 0 Å². The van der Waals surface area contributed by atoms with Gasteiger partial charge < -0.3 is 10.2 Å². The largest absolute Gasteiger partial charge is 0.351 e. The first-order valence-corrected chi connectivity index (χ1v) is 7.17. The number of piperidine rings is 1. The fourth-order valence-corrected chi connectivity index (χ4v) is 2.19. The van der Waals surface area contributed by atoms with E-state index >= 15 is 0 Å². The Balaban J connectivity index is 1.99. The SMILES string of the molecule is CCCCNC(=O)c1ccnc(N2CCCCC2)n1. The quantitative estimate of drug-likeness (QED) is 0.825. The van der Waals surface area contributed by atoms with Gasteiger partial charge in [-0.25, -0.2) is 9.97 Å². The first kappa shape index (κ1) is 13.8. The first-order chi connectivity index (χ1) is 9.31. The van der Waals surface area contributed by atoms with Gasteiger partial charge in [-0.1, -0.05) is 13.3 Å². The molecule has 1 N–H and O–H groups in total. The van der Waals surface area contributed by atoms with Crippen LogP contribution in [-0.2, 0) is 0 Å². The lowest BCUT2D eigenvalue weighted by Crippen LogP contribution is -2.32. The van der Waals surface area contributed by atoms with Crippen molar-refractivity contribution in [1.29, 1.82) is 0 Å². The van der Waals surface area contributed by atoms with Gasteiger partial charge in [0.15, 0.2) is 0 Å². The highest BCUT2D eigenvalue weighted by Gasteiger charge is 2.15. The molecule has 0 bridgehead atoms. The van der Waals surface area contributed by atoms with Crippen LogP contribution in [0.4, 0.5) is 5.95 Å². The number of aromatic nitrogens is 2. The van der Waals surface area contributed by atoms with Crippen molar-refractivity contribution in [3.05, 3.63) is 18.0 Å². The third kappa shape index (κ3) is 3.91. The van der Waals surface area contributed by atoms with Gasteiger partial charge in [-0.15, -0.1) is 0 Å². The number of nitrogens with one attached hydrogen (secondary N) is 1. The molecule has 1 aliphatic rings. The Kier molecular flexibility index (Phi) is 5.12. The molecule has 0 atom stereocenters. The molecule has 0 aliphatic carbocycles. The molecule has 5 nitrogen and oxygen atoms in total. The third-order valence-electron chi connectivity index (χ3n) is 3.33. The molecule has 0 aromatic carbocycles. The number of amides is 1. The zero-order valence-corrected chi connectivity index (χ0v) is 11.6. The Morgan fingerprint density at radius 3 is 2.89 bits per heavy atom. The predicted molar refractivity (Wildman–Crippen MR) is 75.3 cm³/mol. The molecule has 1 aromatic heterocycles. The van der Waals surface area contributed by atoms with E-state index in [4.69, 9.17) is 0 Å². The van der Waals surface area contributed by atoms with Crippen LogP contribution in [0.2, 0.25) is 0 Å². The number of carbonyl (C=O) groups is 1. The Morgan fingerprint density at radius 2 is 2.16 bits per heavy atom. The van der Waals surface area contributed by atoms with E-state index in [0.717, 1.165) is 25.9 Å². The number of unbranched alkanes of at least 4 members (excludes halogenated alkanes) is 1. The van der Waals surface area contributed by atoms with Crippen LogP contribution in [0.5, 0.6) is 0 Å². The molecule has 19 heavy (non-hydrogen) atoms. The van der Waals surface area contributed by atoms with E-state index in [1.54, 1.807) is 12.3 Å². The van der Waals surface area contributed by atoms with Crippen LogP contribution in [-0.4, -0.2) is 35.5 Å². The number of hydrogen-bond donors (Lipinski definition) is 1. The van der Waals surface area contributed by atoms with Gasteiger partial charge in [0.1, 0.15) is 5.69 Å². The van der Waals surface area contributed by atoms with Gasteiger partial charge in [-0.05, 0) is 31.7 Å². The van der Waals surface area contributed by atoms with E-state index in [1.807, 2.05) is 0 Å². The second-order valence-corrected chi connectivity index (χ2v) is 4.90. The summed E-state index contributed by atoms with van der Waals surface area (Å²) in [6.45, 7) is 4.78. The molecule has 5 heteroatoms. The zero-order chi connectivity index (χ0) is 13.5. The number of hydrogen-bond acceptors (Lipinski definition) is 4. The summed E-state index contributed by atoms with van der Waals surface area (Å²) >= 11 is 0. The smallest absolute Gasteiger partial charge is 0.270 e. The summed E-state index contributed by atoms with van der Waals surface area (Å²) < 4.78 is 0. The predicted octanol–water partition coefficient (Wildman–Crippen LogP) is 2.00. The number of nitrogens with zero attached hydrogens (tertiary/aromatic N) is 3. The lowest BCUT2D eigenvalue weighted by Gasteiger charge is -2.26. The van der Waals surface area contributed by atoms with E-state index in [0.29, 0.717) is 18.2 Å². The van der Waals surface area contributed by atoms with Crippen LogP contribution in [0.1, 0.15) is 49.5 Å². The van der Waals surface area contributed by atoms with Crippen LogP contribution in [0, 0.1) is 0 Å². The molecular formula is C14H22N4O. The second-order valence-electron chi connectivity index (χ2n) is 4.90. The minimum atomic E-state index is -0.103. The average Bonchev–Trinajstić information content (AvgIpc) is 2.48. The van der Waals surface area contributed by atoms with Crippen molar-refractivity contribution in [2.75, 3.05) is 24.5 Å². The van der Waals surface area contributed by atoms with Crippen LogP contribution in [0.25, 0.3) is 0 Å². The number of rotatable bonds is 5. The van der Waals surface area contributed by atoms with Gasteiger partial charge in [0, 0.05) is 25.8 Å². The van der Waals surface area contributed by atoms with Gasteiger partial charge in [-0.2, -0.15) is 0 Å². The molecule has 1 aromatic rings. The number of anilines is 1. The van der Waals surface area contributed by atoms with E-state index < -0.39 is 0 Å². The van der Waals surface area contributed by atoms with Crippen molar-refractivity contribution in [1.82, 2.24) is 15.3 Å². The van der Waals surface area contributed by atoms with Crippen molar-refractivity contribution in [2.24, 2.45) is 0 Å². The topological polar surface area (TPSA) is 58.1 Å². The van der Waals surface area contributed by atoms with E-state index in [9.17, 15) is 4.79 Å². The molecule has 1 saturated heterocycles.